The van der Waals surface area contributed by atoms with E-state index in [1.807, 2.05) is 0 Å². The fourth-order valence-corrected chi connectivity index (χ4v) is 2.65. The van der Waals surface area contributed by atoms with Gasteiger partial charge in [0.25, 0.3) is 0 Å². The monoisotopic (exact) mass is 323 g/mol. The van der Waals surface area contributed by atoms with Gasteiger partial charge in [0.2, 0.25) is 5.91 Å². The van der Waals surface area contributed by atoms with Crippen molar-refractivity contribution in [2.75, 3.05) is 59.5 Å². The number of hydrogen-bond acceptors (Lipinski definition) is 4. The molecule has 0 atom stereocenters. The lowest BCUT2D eigenvalue weighted by Crippen LogP contribution is -2.50. The molecule has 1 aliphatic rings. The van der Waals surface area contributed by atoms with Crippen LogP contribution in [0.3, 0.4) is 0 Å². The lowest BCUT2D eigenvalue weighted by atomic mass is 10.1. The molecule has 23 heavy (non-hydrogen) atoms. The maximum atomic E-state index is 12.8. The van der Waals surface area contributed by atoms with E-state index in [0.29, 0.717) is 13.1 Å². The summed E-state index contributed by atoms with van der Waals surface area (Å²) in [5, 5.41) is 2.93. The zero-order valence-electron chi connectivity index (χ0n) is 13.8. The molecule has 1 saturated heterocycles. The Labute approximate surface area is 137 Å². The van der Waals surface area contributed by atoms with Gasteiger partial charge in [-0.2, -0.15) is 0 Å². The molecule has 0 aromatic heterocycles. The summed E-state index contributed by atoms with van der Waals surface area (Å²) in [5.41, 5.74) is 1.03. The molecule has 0 radical (unpaired) electrons. The Bertz CT molecular complexity index is 473. The third-order valence-corrected chi connectivity index (χ3v) is 4.09. The van der Waals surface area contributed by atoms with Crippen molar-refractivity contribution in [2.45, 2.75) is 6.42 Å². The molecule has 1 fully saturated rings. The predicted molar refractivity (Wildman–Crippen MR) is 87.9 cm³/mol. The quantitative estimate of drug-likeness (QED) is 0.767. The minimum Gasteiger partial charge on any atom is -0.383 e. The minimum absolute atomic E-state index is 0.0532. The van der Waals surface area contributed by atoms with E-state index >= 15 is 0 Å². The number of hydrogen-bond donors (Lipinski definition) is 1. The first-order chi connectivity index (χ1) is 11.2. The van der Waals surface area contributed by atoms with Crippen LogP contribution in [0.15, 0.2) is 24.3 Å². The van der Waals surface area contributed by atoms with Gasteiger partial charge in [-0.15, -0.1) is 0 Å². The molecule has 1 aromatic rings. The highest BCUT2D eigenvalue weighted by atomic mass is 19.1. The van der Waals surface area contributed by atoms with Crippen LogP contribution in [0.4, 0.5) is 4.39 Å². The van der Waals surface area contributed by atoms with E-state index in [0.717, 1.165) is 51.3 Å². The van der Waals surface area contributed by atoms with E-state index in [-0.39, 0.29) is 11.7 Å². The third kappa shape index (κ3) is 6.64. The van der Waals surface area contributed by atoms with Gasteiger partial charge in [-0.3, -0.25) is 14.6 Å². The summed E-state index contributed by atoms with van der Waals surface area (Å²) in [6.45, 7) is 6.51. The van der Waals surface area contributed by atoms with Crippen LogP contribution in [0.2, 0.25) is 0 Å². The Hall–Kier alpha value is -1.50. The second-order valence-corrected chi connectivity index (χ2v) is 5.84. The highest BCUT2D eigenvalue weighted by molar-refractivity contribution is 5.78. The molecule has 0 saturated carbocycles. The van der Waals surface area contributed by atoms with Crippen molar-refractivity contribution in [3.05, 3.63) is 35.6 Å². The van der Waals surface area contributed by atoms with Gasteiger partial charge in [-0.1, -0.05) is 12.1 Å². The first-order valence-electron chi connectivity index (χ1n) is 8.12. The maximum Gasteiger partial charge on any atom is 0.234 e. The number of methoxy groups -OCH3 is 1. The first kappa shape index (κ1) is 17.8. The van der Waals surface area contributed by atoms with Crippen LogP contribution in [0.25, 0.3) is 0 Å². The van der Waals surface area contributed by atoms with E-state index in [9.17, 15) is 9.18 Å². The van der Waals surface area contributed by atoms with Crippen molar-refractivity contribution in [3.8, 4) is 0 Å². The van der Waals surface area contributed by atoms with Crippen LogP contribution in [-0.4, -0.2) is 75.2 Å². The zero-order valence-corrected chi connectivity index (χ0v) is 13.8. The number of ether oxygens (including phenoxy) is 1. The average Bonchev–Trinajstić information content (AvgIpc) is 2.56. The van der Waals surface area contributed by atoms with Crippen LogP contribution in [-0.2, 0) is 16.0 Å². The summed E-state index contributed by atoms with van der Waals surface area (Å²) in [4.78, 5) is 16.5. The van der Waals surface area contributed by atoms with E-state index in [1.165, 1.54) is 12.1 Å². The molecule has 1 aliphatic heterocycles. The van der Waals surface area contributed by atoms with Crippen LogP contribution < -0.4 is 5.32 Å². The highest BCUT2D eigenvalue weighted by Gasteiger charge is 2.18. The number of piperazine rings is 1. The first-order valence-corrected chi connectivity index (χ1v) is 8.12. The summed E-state index contributed by atoms with van der Waals surface area (Å²) in [6, 6.07) is 6.39. The molecule has 0 unspecified atom stereocenters. The normalized spacial score (nSPS) is 16.4. The largest absolute Gasteiger partial charge is 0.383 e. The van der Waals surface area contributed by atoms with Gasteiger partial charge in [0.1, 0.15) is 5.82 Å². The van der Waals surface area contributed by atoms with E-state index in [4.69, 9.17) is 4.74 Å². The van der Waals surface area contributed by atoms with Crippen molar-refractivity contribution < 1.29 is 13.9 Å². The Kier molecular flexibility index (Phi) is 7.45. The van der Waals surface area contributed by atoms with Crippen LogP contribution in [0.5, 0.6) is 0 Å². The summed E-state index contributed by atoms with van der Waals surface area (Å²) in [5.74, 6) is -0.181. The van der Waals surface area contributed by atoms with Crippen LogP contribution >= 0.6 is 0 Å². The fourth-order valence-electron chi connectivity index (χ4n) is 2.65. The molecule has 5 nitrogen and oxygen atoms in total. The molecule has 0 aliphatic carbocycles. The molecule has 2 rings (SSSR count). The van der Waals surface area contributed by atoms with Crippen LogP contribution in [0, 0.1) is 5.82 Å². The number of nitrogens with one attached hydrogen (secondary N) is 1. The third-order valence-electron chi connectivity index (χ3n) is 4.09. The predicted octanol–water partition coefficient (Wildman–Crippen LogP) is 0.748. The molecule has 0 spiro atoms. The number of carbonyl (C=O) groups excluding carboxylic acids is 1. The van der Waals surface area contributed by atoms with Crippen molar-refractivity contribution in [2.24, 2.45) is 0 Å². The Morgan fingerprint density at radius 2 is 1.83 bits per heavy atom. The standard InChI is InChI=1S/C17H26FN3O2/c1-23-13-12-20-8-10-21(11-9-20)14-17(22)19-7-6-15-2-4-16(18)5-3-15/h2-5H,6-14H2,1H3,(H,19,22). The molecule has 1 N–H and O–H groups in total. The van der Waals surface area contributed by atoms with Gasteiger partial charge in [0, 0.05) is 46.4 Å². The number of benzene rings is 1. The molecule has 6 heteroatoms. The lowest BCUT2D eigenvalue weighted by molar-refractivity contribution is -0.122. The molecular weight excluding hydrogens is 297 g/mol. The summed E-state index contributed by atoms with van der Waals surface area (Å²) in [7, 11) is 1.71. The fraction of sp³-hybridized carbons (Fsp3) is 0.588. The van der Waals surface area contributed by atoms with Crippen molar-refractivity contribution in [3.63, 3.8) is 0 Å². The van der Waals surface area contributed by atoms with Gasteiger partial charge >= 0.3 is 0 Å². The number of nitrogens with zero attached hydrogens (tertiary/aromatic N) is 2. The van der Waals surface area contributed by atoms with E-state index in [2.05, 4.69) is 15.1 Å². The lowest BCUT2D eigenvalue weighted by Gasteiger charge is -2.34. The SMILES string of the molecule is COCCN1CCN(CC(=O)NCCc2ccc(F)cc2)CC1. The second kappa shape index (κ2) is 9.60. The van der Waals surface area contributed by atoms with Crippen LogP contribution in [0.1, 0.15) is 5.56 Å². The molecule has 0 bridgehead atoms. The second-order valence-electron chi connectivity index (χ2n) is 5.84. The summed E-state index contributed by atoms with van der Waals surface area (Å²) < 4.78 is 17.9. The summed E-state index contributed by atoms with van der Waals surface area (Å²) in [6.07, 6.45) is 0.719. The Morgan fingerprint density at radius 1 is 1.17 bits per heavy atom. The highest BCUT2D eigenvalue weighted by Crippen LogP contribution is 2.03. The molecule has 1 heterocycles. The number of rotatable bonds is 8. The molecular formula is C17H26FN3O2. The maximum absolute atomic E-state index is 12.8. The molecule has 1 amide bonds. The number of amides is 1. The van der Waals surface area contributed by atoms with E-state index < -0.39 is 0 Å². The Balaban J connectivity index is 1.59. The summed E-state index contributed by atoms with van der Waals surface area (Å²) >= 11 is 0. The Morgan fingerprint density at radius 3 is 2.48 bits per heavy atom. The zero-order chi connectivity index (χ0) is 16.5. The van der Waals surface area contributed by atoms with Crippen molar-refractivity contribution in [1.82, 2.24) is 15.1 Å². The smallest absolute Gasteiger partial charge is 0.234 e. The van der Waals surface area contributed by atoms with Crippen molar-refractivity contribution in [1.29, 1.82) is 0 Å². The topological polar surface area (TPSA) is 44.8 Å². The van der Waals surface area contributed by atoms with E-state index in [1.54, 1.807) is 19.2 Å². The molecule has 128 valence electrons. The van der Waals surface area contributed by atoms with Gasteiger partial charge in [-0.05, 0) is 24.1 Å². The van der Waals surface area contributed by atoms with Gasteiger partial charge in [0.15, 0.2) is 0 Å². The minimum atomic E-state index is -0.234. The van der Waals surface area contributed by atoms with Gasteiger partial charge in [-0.25, -0.2) is 4.39 Å². The number of carbonyl (C=O) groups is 1. The van der Waals surface area contributed by atoms with Gasteiger partial charge < -0.3 is 10.1 Å². The van der Waals surface area contributed by atoms with Crippen molar-refractivity contribution >= 4 is 5.91 Å². The molecule has 1 aromatic carbocycles. The average molecular weight is 323 g/mol. The number of halogens is 1. The van der Waals surface area contributed by atoms with Gasteiger partial charge in [0.05, 0.1) is 13.2 Å².